The Labute approximate surface area is 436 Å². The molecular weight excluding hydrogens is 951 g/mol. The molecular formula is C55H79N7O12. The Morgan fingerprint density at radius 1 is 0.757 bits per heavy atom. The summed E-state index contributed by atoms with van der Waals surface area (Å²) in [4.78, 5) is 85.6. The zero-order valence-corrected chi connectivity index (χ0v) is 43.7. The van der Waals surface area contributed by atoms with E-state index in [0.29, 0.717) is 103 Å². The van der Waals surface area contributed by atoms with Crippen molar-refractivity contribution in [1.29, 1.82) is 0 Å². The van der Waals surface area contributed by atoms with Gasteiger partial charge < -0.3 is 59.9 Å². The van der Waals surface area contributed by atoms with Crippen LogP contribution >= 0.6 is 0 Å². The highest BCUT2D eigenvalue weighted by atomic mass is 16.6. The third kappa shape index (κ3) is 21.1. The SMILES string of the molecule is COCCOCCOCCN1CCNC(=O)C2C=CC=C(C(=O)NC(CCCCNC(=O)OC(C)(C)C)CN(C=O)CCNC(=O)C3=CCCC(C(=O)NCC1)C3OCc1ccccc1)C2OCc1ccccc1. The van der Waals surface area contributed by atoms with Crippen LogP contribution in [0.1, 0.15) is 64.0 Å². The molecule has 74 heavy (non-hydrogen) atoms. The number of nitrogens with one attached hydrogen (secondary N) is 5. The van der Waals surface area contributed by atoms with E-state index < -0.39 is 53.6 Å². The zero-order valence-electron chi connectivity index (χ0n) is 43.7. The Balaban J connectivity index is 1.38. The van der Waals surface area contributed by atoms with Crippen molar-refractivity contribution >= 4 is 36.1 Å². The van der Waals surface area contributed by atoms with Crippen molar-refractivity contribution in [2.24, 2.45) is 11.8 Å². The lowest BCUT2D eigenvalue weighted by molar-refractivity contribution is -0.132. The second-order valence-electron chi connectivity index (χ2n) is 19.4. The van der Waals surface area contributed by atoms with E-state index in [2.05, 4.69) is 31.5 Å². The molecule has 2 aromatic rings. The molecule has 5 rings (SSSR count). The molecule has 0 spiro atoms. The van der Waals surface area contributed by atoms with Crippen LogP contribution in [0.5, 0.6) is 0 Å². The van der Waals surface area contributed by atoms with E-state index in [-0.39, 0.29) is 63.3 Å². The summed E-state index contributed by atoms with van der Waals surface area (Å²) in [6, 6.07) is 18.4. The Hall–Kier alpha value is -5.96. The van der Waals surface area contributed by atoms with Crippen molar-refractivity contribution in [2.75, 3.05) is 99.0 Å². The number of unbranched alkanes of at least 4 members (excludes halogenated alkanes) is 1. The summed E-state index contributed by atoms with van der Waals surface area (Å²) in [6.07, 6.45) is 7.65. The number of carbonyl (C=O) groups excluding carboxylic acids is 6. The van der Waals surface area contributed by atoms with Gasteiger partial charge in [0.05, 0.1) is 64.2 Å². The fourth-order valence-corrected chi connectivity index (χ4v) is 8.71. The highest BCUT2D eigenvalue weighted by molar-refractivity contribution is 5.97. The fraction of sp³-hybridized carbons (Fsp3) is 0.564. The van der Waals surface area contributed by atoms with Crippen molar-refractivity contribution in [1.82, 2.24) is 36.4 Å². The summed E-state index contributed by atoms with van der Waals surface area (Å²) in [6.45, 7) is 10.2. The Bertz CT molecular complexity index is 2150. The van der Waals surface area contributed by atoms with Gasteiger partial charge in [-0.15, -0.1) is 0 Å². The van der Waals surface area contributed by atoms with Gasteiger partial charge in [-0.3, -0.25) is 28.9 Å². The molecule has 0 saturated carbocycles. The molecule has 4 bridgehead atoms. The minimum absolute atomic E-state index is 0.0696. The second kappa shape index (κ2) is 32.4. The maximum atomic E-state index is 14.5. The van der Waals surface area contributed by atoms with Gasteiger partial charge >= 0.3 is 6.09 Å². The van der Waals surface area contributed by atoms with E-state index in [9.17, 15) is 28.8 Å². The van der Waals surface area contributed by atoms with Crippen LogP contribution in [0.15, 0.2) is 96.1 Å². The Morgan fingerprint density at radius 3 is 2.05 bits per heavy atom. The molecule has 19 nitrogen and oxygen atoms in total. The number of nitrogens with zero attached hydrogens (tertiary/aromatic N) is 2. The summed E-state index contributed by atoms with van der Waals surface area (Å²) in [5, 5.41) is 15.0. The quantitative estimate of drug-likeness (QED) is 0.0893. The average Bonchev–Trinajstić information content (AvgIpc) is 3.39. The van der Waals surface area contributed by atoms with E-state index in [1.807, 2.05) is 66.7 Å². The molecule has 2 aromatic carbocycles. The molecule has 5 unspecified atom stereocenters. The van der Waals surface area contributed by atoms with Crippen LogP contribution in [0.3, 0.4) is 0 Å². The Kier molecular flexibility index (Phi) is 25.8. The van der Waals surface area contributed by atoms with E-state index in [0.717, 1.165) is 11.1 Å². The van der Waals surface area contributed by atoms with Crippen LogP contribution in [0.25, 0.3) is 0 Å². The first-order valence-corrected chi connectivity index (χ1v) is 25.9. The minimum atomic E-state index is -0.970. The topological polar surface area (TPSA) is 224 Å². The summed E-state index contributed by atoms with van der Waals surface area (Å²) >= 11 is 0. The maximum absolute atomic E-state index is 14.5. The molecule has 3 aliphatic rings. The van der Waals surface area contributed by atoms with Crippen molar-refractivity contribution in [2.45, 2.75) is 89.9 Å². The number of hydrogen-bond acceptors (Lipinski definition) is 13. The zero-order chi connectivity index (χ0) is 53.0. The predicted molar refractivity (Wildman–Crippen MR) is 278 cm³/mol. The van der Waals surface area contributed by atoms with Gasteiger partial charge in [0, 0.05) is 83.2 Å². The molecule has 5 atom stereocenters. The van der Waals surface area contributed by atoms with Crippen LogP contribution in [0.2, 0.25) is 0 Å². The highest BCUT2D eigenvalue weighted by Gasteiger charge is 2.38. The highest BCUT2D eigenvalue weighted by Crippen LogP contribution is 2.30. The third-order valence-corrected chi connectivity index (χ3v) is 12.5. The number of hydrogen-bond donors (Lipinski definition) is 5. The molecule has 19 heteroatoms. The van der Waals surface area contributed by atoms with Gasteiger partial charge in [-0.05, 0) is 64.0 Å². The van der Waals surface area contributed by atoms with Gasteiger partial charge in [-0.1, -0.05) is 85.0 Å². The molecule has 2 aliphatic carbocycles. The van der Waals surface area contributed by atoms with E-state index in [4.69, 9.17) is 28.4 Å². The number of alkyl carbamates (subject to hydrolysis) is 1. The number of ether oxygens (including phenoxy) is 6. The number of allylic oxidation sites excluding steroid dienone is 3. The third-order valence-electron chi connectivity index (χ3n) is 12.5. The summed E-state index contributed by atoms with van der Waals surface area (Å²) < 4.78 is 34.8. The van der Waals surface area contributed by atoms with Crippen molar-refractivity contribution in [3.05, 3.63) is 107 Å². The van der Waals surface area contributed by atoms with Gasteiger partial charge in [-0.25, -0.2) is 4.79 Å². The first-order chi connectivity index (χ1) is 35.8. The van der Waals surface area contributed by atoms with Crippen molar-refractivity contribution in [3.8, 4) is 0 Å². The molecule has 5 N–H and O–H groups in total. The standard InChI is InChI=1S/C55H79N7O12/c1-55(2,3)74-54(68)59-24-12-11-19-43-37-62(40-63)30-27-58-51(65)45-21-13-20-44(48(45)72-38-41-15-7-5-8-16-41)50(64)56-25-28-61(31-32-70-35-36-71-34-33-69-4)29-26-57-52(66)46-22-14-23-47(53(67)60-43)49(46)73-39-42-17-9-6-10-18-42/h5-10,14-18,21-23,40,43-44,46,48-49H,11-13,19-20,24-39H2,1-4H3,(H,56,64)(H,57,66)(H,58,65)(H,59,68)(H,60,67). The molecule has 6 amide bonds. The van der Waals surface area contributed by atoms with Crippen LogP contribution in [0.4, 0.5) is 4.79 Å². The molecule has 0 aromatic heterocycles. The number of methoxy groups -OCH3 is 1. The normalized spacial score (nSPS) is 21.9. The molecule has 1 saturated heterocycles. The number of carbonyl (C=O) groups is 6. The fourth-order valence-electron chi connectivity index (χ4n) is 8.71. The minimum Gasteiger partial charge on any atom is -0.444 e. The molecule has 1 heterocycles. The van der Waals surface area contributed by atoms with Crippen LogP contribution in [-0.4, -0.2) is 169 Å². The van der Waals surface area contributed by atoms with E-state index >= 15 is 0 Å². The smallest absolute Gasteiger partial charge is 0.407 e. The van der Waals surface area contributed by atoms with Gasteiger partial charge in [0.15, 0.2) is 0 Å². The molecule has 0 radical (unpaired) electrons. The summed E-state index contributed by atoms with van der Waals surface area (Å²) in [7, 11) is 1.61. The van der Waals surface area contributed by atoms with Gasteiger partial charge in [0.1, 0.15) is 11.7 Å². The number of benzene rings is 2. The lowest BCUT2D eigenvalue weighted by Gasteiger charge is -2.32. The summed E-state index contributed by atoms with van der Waals surface area (Å²) in [5.41, 5.74) is 1.66. The Morgan fingerprint density at radius 2 is 1.39 bits per heavy atom. The first-order valence-electron chi connectivity index (χ1n) is 25.9. The van der Waals surface area contributed by atoms with Gasteiger partial charge in [0.2, 0.25) is 30.0 Å². The van der Waals surface area contributed by atoms with E-state index in [1.54, 1.807) is 46.1 Å². The predicted octanol–water partition coefficient (Wildman–Crippen LogP) is 3.59. The average molecular weight is 1030 g/mol. The number of amides is 6. The number of fused-ring (bicyclic) bond motifs is 4. The van der Waals surface area contributed by atoms with Crippen LogP contribution in [0, 0.1) is 11.8 Å². The van der Waals surface area contributed by atoms with Gasteiger partial charge in [0.25, 0.3) is 0 Å². The number of rotatable bonds is 21. The lowest BCUT2D eigenvalue weighted by atomic mass is 9.84. The molecule has 1 fully saturated rings. The maximum Gasteiger partial charge on any atom is 0.407 e. The van der Waals surface area contributed by atoms with E-state index in [1.165, 1.54) is 4.90 Å². The van der Waals surface area contributed by atoms with Crippen molar-refractivity contribution < 1.29 is 57.2 Å². The summed E-state index contributed by atoms with van der Waals surface area (Å²) in [5.74, 6) is -3.00. The lowest BCUT2D eigenvalue weighted by Crippen LogP contribution is -2.50. The van der Waals surface area contributed by atoms with Gasteiger partial charge in [-0.2, -0.15) is 0 Å². The first kappa shape index (κ1) is 58.9. The van der Waals surface area contributed by atoms with Crippen molar-refractivity contribution in [3.63, 3.8) is 0 Å². The van der Waals surface area contributed by atoms with Crippen LogP contribution < -0.4 is 26.6 Å². The second-order valence-corrected chi connectivity index (χ2v) is 19.4. The largest absolute Gasteiger partial charge is 0.444 e. The molecule has 1 aliphatic heterocycles. The monoisotopic (exact) mass is 1030 g/mol. The molecule has 406 valence electrons. The van der Waals surface area contributed by atoms with Crippen LogP contribution in [-0.2, 0) is 65.6 Å².